The minimum atomic E-state index is -0.124. The van der Waals surface area contributed by atoms with Crippen LogP contribution in [-0.2, 0) is 14.3 Å². The molecule has 0 radical (unpaired) electrons. The first-order chi connectivity index (χ1) is 7.83. The van der Waals surface area contributed by atoms with Crippen LogP contribution in [0.25, 0.3) is 0 Å². The lowest BCUT2D eigenvalue weighted by Gasteiger charge is -2.26. The van der Waals surface area contributed by atoms with Gasteiger partial charge in [-0.25, -0.2) is 0 Å². The fourth-order valence-corrected chi connectivity index (χ4v) is 1.61. The first kappa shape index (κ1) is 13.4. The van der Waals surface area contributed by atoms with E-state index in [9.17, 15) is 4.79 Å². The molecule has 0 spiro atoms. The fourth-order valence-electron chi connectivity index (χ4n) is 1.61. The highest BCUT2D eigenvalue weighted by Gasteiger charge is 2.09. The van der Waals surface area contributed by atoms with Crippen molar-refractivity contribution in [3.8, 4) is 0 Å². The van der Waals surface area contributed by atoms with Gasteiger partial charge in [-0.15, -0.1) is 0 Å². The van der Waals surface area contributed by atoms with E-state index in [4.69, 9.17) is 9.47 Å². The molecule has 0 saturated carbocycles. The van der Waals surface area contributed by atoms with Crippen LogP contribution in [-0.4, -0.2) is 63.4 Å². The molecule has 0 bridgehead atoms. The summed E-state index contributed by atoms with van der Waals surface area (Å²) in [4.78, 5) is 13.4. The molecule has 16 heavy (non-hydrogen) atoms. The summed E-state index contributed by atoms with van der Waals surface area (Å²) in [6, 6.07) is 0. The van der Waals surface area contributed by atoms with Gasteiger partial charge in [0.15, 0.2) is 0 Å². The van der Waals surface area contributed by atoms with Gasteiger partial charge in [0.1, 0.15) is 0 Å². The zero-order chi connectivity index (χ0) is 11.6. The molecule has 1 saturated heterocycles. The summed E-state index contributed by atoms with van der Waals surface area (Å²) in [5.41, 5.74) is 0. The summed E-state index contributed by atoms with van der Waals surface area (Å²) < 4.78 is 10.1. The zero-order valence-corrected chi connectivity index (χ0v) is 10.0. The highest BCUT2D eigenvalue weighted by molar-refractivity contribution is 5.69. The third-order valence-electron chi connectivity index (χ3n) is 2.52. The highest BCUT2D eigenvalue weighted by atomic mass is 16.5. The summed E-state index contributed by atoms with van der Waals surface area (Å²) in [7, 11) is 0. The topological polar surface area (TPSA) is 50.8 Å². The van der Waals surface area contributed by atoms with Crippen LogP contribution in [0.2, 0.25) is 0 Å². The lowest BCUT2D eigenvalue weighted by molar-refractivity contribution is -0.142. The van der Waals surface area contributed by atoms with Crippen LogP contribution in [0.15, 0.2) is 0 Å². The van der Waals surface area contributed by atoms with E-state index in [0.717, 1.165) is 39.4 Å². The Balaban J connectivity index is 1.89. The largest absolute Gasteiger partial charge is 0.466 e. The summed E-state index contributed by atoms with van der Waals surface area (Å²) >= 11 is 0. The van der Waals surface area contributed by atoms with E-state index in [2.05, 4.69) is 10.2 Å². The van der Waals surface area contributed by atoms with Crippen molar-refractivity contribution in [2.24, 2.45) is 0 Å². The molecule has 1 heterocycles. The molecule has 0 unspecified atom stereocenters. The average molecular weight is 230 g/mol. The maximum Gasteiger partial charge on any atom is 0.307 e. The molecule has 0 atom stereocenters. The van der Waals surface area contributed by atoms with Gasteiger partial charge in [0.05, 0.1) is 26.2 Å². The van der Waals surface area contributed by atoms with Crippen molar-refractivity contribution >= 4 is 5.97 Å². The molecule has 94 valence electrons. The van der Waals surface area contributed by atoms with Crippen molar-refractivity contribution < 1.29 is 14.3 Å². The molecule has 1 fully saturated rings. The van der Waals surface area contributed by atoms with Gasteiger partial charge in [-0.2, -0.15) is 0 Å². The first-order valence-corrected chi connectivity index (χ1v) is 5.99. The normalized spacial score (nSPS) is 17.3. The van der Waals surface area contributed by atoms with E-state index in [1.165, 1.54) is 0 Å². The van der Waals surface area contributed by atoms with Crippen molar-refractivity contribution in [1.82, 2.24) is 10.2 Å². The summed E-state index contributed by atoms with van der Waals surface area (Å²) in [5.74, 6) is -0.124. The van der Waals surface area contributed by atoms with E-state index in [1.54, 1.807) is 0 Å². The predicted molar refractivity (Wildman–Crippen MR) is 61.4 cm³/mol. The van der Waals surface area contributed by atoms with Crippen molar-refractivity contribution in [2.45, 2.75) is 13.3 Å². The second kappa shape index (κ2) is 8.50. The molecule has 0 aromatic rings. The van der Waals surface area contributed by atoms with Crippen LogP contribution in [0.1, 0.15) is 13.3 Å². The highest BCUT2D eigenvalue weighted by Crippen LogP contribution is 1.94. The summed E-state index contributed by atoms with van der Waals surface area (Å²) in [6.45, 7) is 8.62. The number of ether oxygens (including phenoxy) is 2. The Hall–Kier alpha value is -0.650. The summed E-state index contributed by atoms with van der Waals surface area (Å²) in [5, 5.41) is 3.24. The van der Waals surface area contributed by atoms with Crippen LogP contribution in [0.3, 0.4) is 0 Å². The Bertz CT molecular complexity index is 194. The quantitative estimate of drug-likeness (QED) is 0.487. The van der Waals surface area contributed by atoms with E-state index >= 15 is 0 Å². The van der Waals surface area contributed by atoms with Gasteiger partial charge >= 0.3 is 5.97 Å². The number of esters is 1. The summed E-state index contributed by atoms with van der Waals surface area (Å²) in [6.07, 6.45) is 0.455. The van der Waals surface area contributed by atoms with E-state index < -0.39 is 0 Å². The lowest BCUT2D eigenvalue weighted by Crippen LogP contribution is -2.40. The van der Waals surface area contributed by atoms with E-state index in [-0.39, 0.29) is 5.97 Å². The Morgan fingerprint density at radius 2 is 2.12 bits per heavy atom. The van der Waals surface area contributed by atoms with Gasteiger partial charge < -0.3 is 14.8 Å². The molecule has 5 nitrogen and oxygen atoms in total. The average Bonchev–Trinajstić information content (AvgIpc) is 2.30. The van der Waals surface area contributed by atoms with Crippen molar-refractivity contribution in [3.63, 3.8) is 0 Å². The predicted octanol–water partition coefficient (Wildman–Crippen LogP) is -0.139. The number of rotatable bonds is 7. The lowest BCUT2D eigenvalue weighted by atomic mass is 10.4. The second-order valence-electron chi connectivity index (χ2n) is 3.76. The van der Waals surface area contributed by atoms with Crippen LogP contribution in [0.5, 0.6) is 0 Å². The number of hydrogen-bond acceptors (Lipinski definition) is 5. The molecule has 1 N–H and O–H groups in total. The molecular weight excluding hydrogens is 208 g/mol. The first-order valence-electron chi connectivity index (χ1n) is 5.99. The smallest absolute Gasteiger partial charge is 0.307 e. The zero-order valence-electron chi connectivity index (χ0n) is 10.0. The Kier molecular flexibility index (Phi) is 7.12. The van der Waals surface area contributed by atoms with E-state index in [1.807, 2.05) is 6.92 Å². The second-order valence-corrected chi connectivity index (χ2v) is 3.76. The Labute approximate surface area is 97.1 Å². The number of nitrogens with one attached hydrogen (secondary N) is 1. The maximum atomic E-state index is 11.0. The van der Waals surface area contributed by atoms with Crippen LogP contribution in [0.4, 0.5) is 0 Å². The van der Waals surface area contributed by atoms with Crippen LogP contribution < -0.4 is 5.32 Å². The molecule has 5 heteroatoms. The molecule has 1 rings (SSSR count). The minimum absolute atomic E-state index is 0.124. The molecule has 0 aromatic heterocycles. The van der Waals surface area contributed by atoms with Crippen molar-refractivity contribution in [3.05, 3.63) is 0 Å². The third kappa shape index (κ3) is 6.05. The Morgan fingerprint density at radius 1 is 1.38 bits per heavy atom. The Morgan fingerprint density at radius 3 is 2.81 bits per heavy atom. The van der Waals surface area contributed by atoms with Crippen molar-refractivity contribution in [1.29, 1.82) is 0 Å². The minimum Gasteiger partial charge on any atom is -0.466 e. The van der Waals surface area contributed by atoms with Crippen molar-refractivity contribution in [2.75, 3.05) is 52.5 Å². The van der Waals surface area contributed by atoms with Gasteiger partial charge in [0, 0.05) is 32.7 Å². The number of hydrogen-bond donors (Lipinski definition) is 1. The monoisotopic (exact) mass is 230 g/mol. The molecule has 0 aliphatic carbocycles. The molecule has 0 amide bonds. The SMILES string of the molecule is CCOC(=O)CCNCCN1CCOCC1. The van der Waals surface area contributed by atoms with Gasteiger partial charge in [-0.05, 0) is 6.92 Å². The van der Waals surface area contributed by atoms with Crippen LogP contribution >= 0.6 is 0 Å². The number of morpholine rings is 1. The third-order valence-corrected chi connectivity index (χ3v) is 2.52. The van der Waals surface area contributed by atoms with Gasteiger partial charge in [-0.1, -0.05) is 0 Å². The molecule has 0 aromatic carbocycles. The van der Waals surface area contributed by atoms with Gasteiger partial charge in [-0.3, -0.25) is 9.69 Å². The molecule has 1 aliphatic rings. The maximum absolute atomic E-state index is 11.0. The van der Waals surface area contributed by atoms with E-state index in [0.29, 0.717) is 19.6 Å². The number of carbonyl (C=O) groups excluding carboxylic acids is 1. The molecular formula is C11H22N2O3. The fraction of sp³-hybridized carbons (Fsp3) is 0.909. The van der Waals surface area contributed by atoms with Crippen LogP contribution in [0, 0.1) is 0 Å². The van der Waals surface area contributed by atoms with Gasteiger partial charge in [0.25, 0.3) is 0 Å². The number of nitrogens with zero attached hydrogens (tertiary/aromatic N) is 1. The number of carbonyl (C=O) groups is 1. The standard InChI is InChI=1S/C11H22N2O3/c1-2-16-11(14)3-4-12-5-6-13-7-9-15-10-8-13/h12H,2-10H2,1H3. The molecule has 1 aliphatic heterocycles. The van der Waals surface area contributed by atoms with Gasteiger partial charge in [0.2, 0.25) is 0 Å².